The number of aromatic nitrogens is 2. The fourth-order valence-electron chi connectivity index (χ4n) is 3.02. The van der Waals surface area contributed by atoms with E-state index < -0.39 is 0 Å². The second kappa shape index (κ2) is 8.20. The van der Waals surface area contributed by atoms with Crippen LogP contribution in [0.3, 0.4) is 0 Å². The maximum atomic E-state index is 13.0. The Hall–Kier alpha value is -1.57. The third-order valence-electron chi connectivity index (χ3n) is 4.14. The van der Waals surface area contributed by atoms with E-state index in [2.05, 4.69) is 10.3 Å². The van der Waals surface area contributed by atoms with Gasteiger partial charge in [-0.1, -0.05) is 23.4 Å². The Morgan fingerprint density at radius 2 is 2.22 bits per heavy atom. The standard InChI is InChI=1S/C19H24ClN3O3S/c1-19(2,3)22-16(24)11-27-18-21-15-9-12(20)6-7-14(15)17(25)23(18)10-13-5-4-8-26-13/h6-7,9,13H,4-5,8,10-11H2,1-3H3,(H,22,24). The van der Waals surface area contributed by atoms with Crippen molar-refractivity contribution in [2.45, 2.75) is 57.0 Å². The van der Waals surface area contributed by atoms with Gasteiger partial charge in [0.2, 0.25) is 5.91 Å². The predicted molar refractivity (Wildman–Crippen MR) is 109 cm³/mol. The first kappa shape index (κ1) is 20.2. The summed E-state index contributed by atoms with van der Waals surface area (Å²) in [4.78, 5) is 29.8. The van der Waals surface area contributed by atoms with E-state index in [1.807, 2.05) is 20.8 Å². The lowest BCUT2D eigenvalue weighted by molar-refractivity contribution is -0.119. The lowest BCUT2D eigenvalue weighted by Gasteiger charge is -2.21. The maximum absolute atomic E-state index is 13.0. The summed E-state index contributed by atoms with van der Waals surface area (Å²) in [6.07, 6.45) is 1.91. The summed E-state index contributed by atoms with van der Waals surface area (Å²) in [6, 6.07) is 5.06. The highest BCUT2D eigenvalue weighted by molar-refractivity contribution is 7.99. The Bertz CT molecular complexity index is 901. The number of thioether (sulfide) groups is 1. The molecule has 1 aliphatic heterocycles. The number of carbonyl (C=O) groups is 1. The van der Waals surface area contributed by atoms with Crippen LogP contribution < -0.4 is 10.9 Å². The number of hydrogen-bond donors (Lipinski definition) is 1. The number of benzene rings is 1. The van der Waals surface area contributed by atoms with Gasteiger partial charge < -0.3 is 10.1 Å². The summed E-state index contributed by atoms with van der Waals surface area (Å²) in [7, 11) is 0. The first-order chi connectivity index (χ1) is 12.7. The van der Waals surface area contributed by atoms with E-state index in [1.165, 1.54) is 11.8 Å². The quantitative estimate of drug-likeness (QED) is 0.606. The molecule has 27 heavy (non-hydrogen) atoms. The van der Waals surface area contributed by atoms with Crippen LogP contribution in [0.25, 0.3) is 10.9 Å². The van der Waals surface area contributed by atoms with Gasteiger partial charge in [0.15, 0.2) is 5.16 Å². The molecule has 0 aliphatic carbocycles. The number of rotatable bonds is 5. The molecule has 1 saturated heterocycles. The number of ether oxygens (including phenoxy) is 1. The molecule has 146 valence electrons. The maximum Gasteiger partial charge on any atom is 0.262 e. The molecule has 0 bridgehead atoms. The Labute approximate surface area is 167 Å². The summed E-state index contributed by atoms with van der Waals surface area (Å²) in [5.74, 6) is 0.0815. The van der Waals surface area contributed by atoms with E-state index in [-0.39, 0.29) is 28.9 Å². The van der Waals surface area contributed by atoms with Crippen LogP contribution >= 0.6 is 23.4 Å². The highest BCUT2D eigenvalue weighted by atomic mass is 35.5. The smallest absolute Gasteiger partial charge is 0.262 e. The van der Waals surface area contributed by atoms with Gasteiger partial charge >= 0.3 is 0 Å². The SMILES string of the molecule is CC(C)(C)NC(=O)CSc1nc2cc(Cl)ccc2c(=O)n1CC1CCCO1. The molecule has 6 nitrogen and oxygen atoms in total. The van der Waals surface area contributed by atoms with Crippen molar-refractivity contribution >= 4 is 40.2 Å². The monoisotopic (exact) mass is 409 g/mol. The summed E-state index contributed by atoms with van der Waals surface area (Å²) >= 11 is 7.32. The summed E-state index contributed by atoms with van der Waals surface area (Å²) in [5, 5.41) is 4.47. The molecule has 0 saturated carbocycles. The van der Waals surface area contributed by atoms with E-state index in [4.69, 9.17) is 16.3 Å². The Balaban J connectivity index is 1.92. The van der Waals surface area contributed by atoms with Crippen LogP contribution in [0.15, 0.2) is 28.2 Å². The third-order valence-corrected chi connectivity index (χ3v) is 5.35. The van der Waals surface area contributed by atoms with Gasteiger partial charge in [-0.25, -0.2) is 4.98 Å². The number of carbonyl (C=O) groups excluding carboxylic acids is 1. The minimum atomic E-state index is -0.306. The molecule has 2 aromatic rings. The Morgan fingerprint density at radius 3 is 2.89 bits per heavy atom. The van der Waals surface area contributed by atoms with Gasteiger partial charge in [-0.15, -0.1) is 0 Å². The third kappa shape index (κ3) is 5.24. The van der Waals surface area contributed by atoms with E-state index in [0.29, 0.717) is 34.2 Å². The lowest BCUT2D eigenvalue weighted by atomic mass is 10.1. The molecule has 0 spiro atoms. The number of hydrogen-bond acceptors (Lipinski definition) is 5. The van der Waals surface area contributed by atoms with Crippen LogP contribution in [-0.4, -0.2) is 39.5 Å². The topological polar surface area (TPSA) is 73.2 Å². The summed E-state index contributed by atoms with van der Waals surface area (Å²) < 4.78 is 7.32. The van der Waals surface area contributed by atoms with E-state index in [1.54, 1.807) is 22.8 Å². The van der Waals surface area contributed by atoms with Crippen LogP contribution in [0.4, 0.5) is 0 Å². The number of amides is 1. The molecule has 1 aromatic carbocycles. The highest BCUT2D eigenvalue weighted by Gasteiger charge is 2.21. The predicted octanol–water partition coefficient (Wildman–Crippen LogP) is 3.24. The van der Waals surface area contributed by atoms with Crippen LogP contribution in [-0.2, 0) is 16.1 Å². The molecule has 3 rings (SSSR count). The first-order valence-corrected chi connectivity index (χ1v) is 10.3. The average molecular weight is 410 g/mol. The van der Waals surface area contributed by atoms with Crippen molar-refractivity contribution in [3.8, 4) is 0 Å². The number of fused-ring (bicyclic) bond motifs is 1. The molecule has 1 aromatic heterocycles. The fourth-order valence-corrected chi connectivity index (χ4v) is 4.00. The normalized spacial score (nSPS) is 17.4. The number of nitrogens with one attached hydrogen (secondary N) is 1. The molecule has 1 fully saturated rings. The fraction of sp³-hybridized carbons (Fsp3) is 0.526. The largest absolute Gasteiger partial charge is 0.376 e. The van der Waals surface area contributed by atoms with Crippen molar-refractivity contribution < 1.29 is 9.53 Å². The van der Waals surface area contributed by atoms with Crippen LogP contribution in [0.5, 0.6) is 0 Å². The van der Waals surface area contributed by atoms with E-state index in [0.717, 1.165) is 12.8 Å². The number of nitrogens with zero attached hydrogens (tertiary/aromatic N) is 2. The molecule has 2 heterocycles. The van der Waals surface area contributed by atoms with Crippen molar-refractivity contribution in [1.29, 1.82) is 0 Å². The van der Waals surface area contributed by atoms with Gasteiger partial charge in [0.1, 0.15) is 0 Å². The van der Waals surface area contributed by atoms with E-state index in [9.17, 15) is 9.59 Å². The molecule has 0 radical (unpaired) electrons. The van der Waals surface area contributed by atoms with Crippen molar-refractivity contribution in [3.05, 3.63) is 33.6 Å². The van der Waals surface area contributed by atoms with Gasteiger partial charge in [-0.2, -0.15) is 0 Å². The van der Waals surface area contributed by atoms with Crippen molar-refractivity contribution in [3.63, 3.8) is 0 Å². The molecule has 1 N–H and O–H groups in total. The van der Waals surface area contributed by atoms with Crippen molar-refractivity contribution in [1.82, 2.24) is 14.9 Å². The van der Waals surface area contributed by atoms with Gasteiger partial charge in [0, 0.05) is 17.2 Å². The Kier molecular flexibility index (Phi) is 6.13. The van der Waals surface area contributed by atoms with Crippen LogP contribution in [0.1, 0.15) is 33.6 Å². The zero-order valence-electron chi connectivity index (χ0n) is 15.8. The van der Waals surface area contributed by atoms with Gasteiger partial charge in [-0.3, -0.25) is 14.2 Å². The molecule has 1 atom stereocenters. The second-order valence-corrected chi connectivity index (χ2v) is 9.07. The zero-order chi connectivity index (χ0) is 19.6. The van der Waals surface area contributed by atoms with Crippen molar-refractivity contribution in [2.75, 3.05) is 12.4 Å². The van der Waals surface area contributed by atoms with Crippen molar-refractivity contribution in [2.24, 2.45) is 0 Å². The van der Waals surface area contributed by atoms with Crippen LogP contribution in [0.2, 0.25) is 5.02 Å². The molecule has 8 heteroatoms. The number of halogens is 1. The summed E-state index contributed by atoms with van der Waals surface area (Å²) in [6.45, 7) is 6.94. The minimum Gasteiger partial charge on any atom is -0.376 e. The molecule has 1 unspecified atom stereocenters. The lowest BCUT2D eigenvalue weighted by Crippen LogP contribution is -2.41. The van der Waals surface area contributed by atoms with Gasteiger partial charge in [0.25, 0.3) is 5.56 Å². The second-order valence-electron chi connectivity index (χ2n) is 7.69. The Morgan fingerprint density at radius 1 is 1.44 bits per heavy atom. The minimum absolute atomic E-state index is 0.00278. The first-order valence-electron chi connectivity index (χ1n) is 8.98. The van der Waals surface area contributed by atoms with Gasteiger partial charge in [0.05, 0.1) is 29.3 Å². The molecular formula is C19H24ClN3O3S. The summed E-state index contributed by atoms with van der Waals surface area (Å²) in [5.41, 5.74) is 0.0972. The zero-order valence-corrected chi connectivity index (χ0v) is 17.3. The highest BCUT2D eigenvalue weighted by Crippen LogP contribution is 2.22. The van der Waals surface area contributed by atoms with Crippen LogP contribution in [0, 0.1) is 0 Å². The molecule has 1 amide bonds. The molecular weight excluding hydrogens is 386 g/mol. The van der Waals surface area contributed by atoms with E-state index >= 15 is 0 Å². The average Bonchev–Trinajstić information content (AvgIpc) is 3.07. The van der Waals surface area contributed by atoms with Gasteiger partial charge in [-0.05, 0) is 51.8 Å². The molecule has 1 aliphatic rings.